The number of nitrogens with one attached hydrogen (secondary N) is 2. The van der Waals surface area contributed by atoms with Crippen LogP contribution in [0.3, 0.4) is 0 Å². The number of nitro groups is 1. The summed E-state index contributed by atoms with van der Waals surface area (Å²) < 4.78 is 0. The monoisotopic (exact) mass is 425 g/mol. The molecule has 0 aliphatic carbocycles. The van der Waals surface area contributed by atoms with Gasteiger partial charge in [0.15, 0.2) is 0 Å². The molecule has 0 aromatic heterocycles. The van der Waals surface area contributed by atoms with Crippen LogP contribution in [-0.2, 0) is 11.2 Å². The minimum atomic E-state index is -0.500. The van der Waals surface area contributed by atoms with E-state index in [0.717, 1.165) is 18.8 Å². The van der Waals surface area contributed by atoms with Gasteiger partial charge in [0.1, 0.15) is 0 Å². The van der Waals surface area contributed by atoms with Crippen molar-refractivity contribution in [3.05, 3.63) is 64.2 Å². The lowest BCUT2D eigenvalue weighted by atomic mass is 10.1. The molecule has 2 aromatic carbocycles. The van der Waals surface area contributed by atoms with Gasteiger partial charge in [-0.15, -0.1) is 0 Å². The second-order valence-electron chi connectivity index (χ2n) is 7.29. The van der Waals surface area contributed by atoms with Gasteiger partial charge in [0.05, 0.1) is 4.92 Å². The minimum absolute atomic E-state index is 0.00375. The SMILES string of the molecule is CCc1ccc(NC(=O)NCCC(=O)N2CCN(c3ccccc3)CC2)cc1[N+](=O)[O-]. The molecule has 164 valence electrons. The number of aryl methyl sites for hydroxylation is 1. The number of nitrogens with zero attached hydrogens (tertiary/aromatic N) is 3. The zero-order valence-corrected chi connectivity index (χ0v) is 17.5. The lowest BCUT2D eigenvalue weighted by Crippen LogP contribution is -2.49. The highest BCUT2D eigenvalue weighted by molar-refractivity contribution is 5.90. The Morgan fingerprint density at radius 3 is 2.42 bits per heavy atom. The van der Waals surface area contributed by atoms with Crippen molar-refractivity contribution >= 4 is 29.0 Å². The first-order chi connectivity index (χ1) is 15.0. The first-order valence-electron chi connectivity index (χ1n) is 10.4. The van der Waals surface area contributed by atoms with E-state index in [1.807, 2.05) is 30.0 Å². The maximum atomic E-state index is 12.4. The molecule has 3 rings (SSSR count). The van der Waals surface area contributed by atoms with Gasteiger partial charge in [0.2, 0.25) is 5.91 Å². The molecule has 2 N–H and O–H groups in total. The van der Waals surface area contributed by atoms with Crippen LogP contribution in [0, 0.1) is 10.1 Å². The van der Waals surface area contributed by atoms with Crippen molar-refractivity contribution in [2.75, 3.05) is 42.9 Å². The van der Waals surface area contributed by atoms with E-state index in [4.69, 9.17) is 0 Å². The molecular formula is C22H27N5O4. The third-order valence-electron chi connectivity index (χ3n) is 5.30. The van der Waals surface area contributed by atoms with Gasteiger partial charge in [-0.25, -0.2) is 4.79 Å². The molecule has 2 aromatic rings. The second kappa shape index (κ2) is 10.4. The van der Waals surface area contributed by atoms with Gasteiger partial charge in [-0.1, -0.05) is 31.2 Å². The van der Waals surface area contributed by atoms with Crippen molar-refractivity contribution < 1.29 is 14.5 Å². The summed E-state index contributed by atoms with van der Waals surface area (Å²) in [6.45, 7) is 4.87. The fraction of sp³-hybridized carbons (Fsp3) is 0.364. The van der Waals surface area contributed by atoms with Gasteiger partial charge in [-0.05, 0) is 24.6 Å². The van der Waals surface area contributed by atoms with Crippen LogP contribution in [0.25, 0.3) is 0 Å². The number of para-hydroxylation sites is 1. The van der Waals surface area contributed by atoms with E-state index >= 15 is 0 Å². The molecule has 1 aliphatic rings. The van der Waals surface area contributed by atoms with E-state index in [2.05, 4.69) is 27.7 Å². The molecular weight excluding hydrogens is 398 g/mol. The third kappa shape index (κ3) is 5.94. The van der Waals surface area contributed by atoms with Crippen LogP contribution >= 0.6 is 0 Å². The molecule has 0 unspecified atom stereocenters. The molecule has 1 aliphatic heterocycles. The van der Waals surface area contributed by atoms with Crippen LogP contribution < -0.4 is 15.5 Å². The number of nitro benzene ring substituents is 1. The predicted octanol–water partition coefficient (Wildman–Crippen LogP) is 3.02. The average molecular weight is 425 g/mol. The van der Waals surface area contributed by atoms with Gasteiger partial charge in [0, 0.05) is 62.1 Å². The van der Waals surface area contributed by atoms with E-state index in [1.54, 1.807) is 12.1 Å². The Bertz CT molecular complexity index is 927. The Morgan fingerprint density at radius 1 is 1.06 bits per heavy atom. The largest absolute Gasteiger partial charge is 0.368 e. The fourth-order valence-corrected chi connectivity index (χ4v) is 3.58. The molecule has 9 heteroatoms. The smallest absolute Gasteiger partial charge is 0.319 e. The Morgan fingerprint density at radius 2 is 1.77 bits per heavy atom. The lowest BCUT2D eigenvalue weighted by Gasteiger charge is -2.36. The number of rotatable bonds is 7. The van der Waals surface area contributed by atoms with Crippen molar-refractivity contribution in [3.8, 4) is 0 Å². The van der Waals surface area contributed by atoms with E-state index < -0.39 is 11.0 Å². The van der Waals surface area contributed by atoms with Crippen molar-refractivity contribution in [2.24, 2.45) is 0 Å². The van der Waals surface area contributed by atoms with Crippen LogP contribution in [0.2, 0.25) is 0 Å². The Hall–Kier alpha value is -3.62. The highest BCUT2D eigenvalue weighted by Crippen LogP contribution is 2.23. The number of hydrogen-bond donors (Lipinski definition) is 2. The molecule has 31 heavy (non-hydrogen) atoms. The summed E-state index contributed by atoms with van der Waals surface area (Å²) in [6.07, 6.45) is 0.734. The third-order valence-corrected chi connectivity index (χ3v) is 5.30. The maximum Gasteiger partial charge on any atom is 0.319 e. The molecule has 0 spiro atoms. The maximum absolute atomic E-state index is 12.4. The summed E-state index contributed by atoms with van der Waals surface area (Å²) in [5.74, 6) is -0.00375. The topological polar surface area (TPSA) is 108 Å². The summed E-state index contributed by atoms with van der Waals surface area (Å²) in [5, 5.41) is 16.4. The fourth-order valence-electron chi connectivity index (χ4n) is 3.58. The summed E-state index contributed by atoms with van der Waals surface area (Å²) in [6, 6.07) is 14.2. The number of urea groups is 1. The highest BCUT2D eigenvalue weighted by atomic mass is 16.6. The van der Waals surface area contributed by atoms with Gasteiger partial charge >= 0.3 is 6.03 Å². The summed E-state index contributed by atoms with van der Waals surface area (Å²) in [4.78, 5) is 39.3. The van der Waals surface area contributed by atoms with Crippen LogP contribution in [0.5, 0.6) is 0 Å². The van der Waals surface area contributed by atoms with Gasteiger partial charge in [-0.2, -0.15) is 0 Å². The number of benzene rings is 2. The zero-order valence-electron chi connectivity index (χ0n) is 17.5. The number of piperazine rings is 1. The highest BCUT2D eigenvalue weighted by Gasteiger charge is 2.21. The van der Waals surface area contributed by atoms with Gasteiger partial charge in [-0.3, -0.25) is 14.9 Å². The zero-order chi connectivity index (χ0) is 22.2. The Balaban J connectivity index is 1.41. The predicted molar refractivity (Wildman–Crippen MR) is 119 cm³/mol. The summed E-state index contributed by atoms with van der Waals surface area (Å²) in [5.41, 5.74) is 2.07. The van der Waals surface area contributed by atoms with Crippen molar-refractivity contribution in [3.63, 3.8) is 0 Å². The molecule has 1 saturated heterocycles. The number of hydrogen-bond acceptors (Lipinski definition) is 5. The van der Waals surface area contributed by atoms with Crippen LogP contribution in [-0.4, -0.2) is 54.5 Å². The molecule has 0 atom stereocenters. The first kappa shape index (κ1) is 22.1. The number of anilines is 2. The lowest BCUT2D eigenvalue weighted by molar-refractivity contribution is -0.385. The van der Waals surface area contributed by atoms with Gasteiger partial charge in [0.25, 0.3) is 5.69 Å². The summed E-state index contributed by atoms with van der Waals surface area (Å²) in [7, 11) is 0. The Kier molecular flexibility index (Phi) is 7.42. The van der Waals surface area contributed by atoms with E-state index in [1.165, 1.54) is 6.07 Å². The number of amides is 3. The van der Waals surface area contributed by atoms with E-state index in [-0.39, 0.29) is 24.6 Å². The van der Waals surface area contributed by atoms with Crippen LogP contribution in [0.4, 0.5) is 21.9 Å². The van der Waals surface area contributed by atoms with E-state index in [0.29, 0.717) is 30.8 Å². The molecule has 1 heterocycles. The van der Waals surface area contributed by atoms with E-state index in [9.17, 15) is 19.7 Å². The van der Waals surface area contributed by atoms with Crippen LogP contribution in [0.1, 0.15) is 18.9 Å². The number of carbonyl (C=O) groups is 2. The van der Waals surface area contributed by atoms with Crippen molar-refractivity contribution in [1.82, 2.24) is 10.2 Å². The molecule has 0 bridgehead atoms. The number of carbonyl (C=O) groups excluding carboxylic acids is 2. The Labute approximate surface area is 181 Å². The standard InChI is InChI=1S/C22H27N5O4/c1-2-17-8-9-18(16-20(17)27(30)31)24-22(29)23-11-10-21(28)26-14-12-25(13-15-26)19-6-4-3-5-7-19/h3-9,16H,2,10-15H2,1H3,(H2,23,24,29). The quantitative estimate of drug-likeness (QED) is 0.524. The van der Waals surface area contributed by atoms with Crippen molar-refractivity contribution in [1.29, 1.82) is 0 Å². The van der Waals surface area contributed by atoms with Gasteiger partial charge < -0.3 is 20.4 Å². The summed E-state index contributed by atoms with van der Waals surface area (Å²) >= 11 is 0. The molecule has 1 fully saturated rings. The molecule has 0 saturated carbocycles. The molecule has 3 amide bonds. The normalized spacial score (nSPS) is 13.6. The average Bonchev–Trinajstić information content (AvgIpc) is 2.79. The van der Waals surface area contributed by atoms with Crippen LogP contribution in [0.15, 0.2) is 48.5 Å². The molecule has 9 nitrogen and oxygen atoms in total. The molecule has 0 radical (unpaired) electrons. The second-order valence-corrected chi connectivity index (χ2v) is 7.29. The van der Waals surface area contributed by atoms with Crippen molar-refractivity contribution in [2.45, 2.75) is 19.8 Å². The first-order valence-corrected chi connectivity index (χ1v) is 10.4. The minimum Gasteiger partial charge on any atom is -0.368 e.